The standard InChI is InChI=1S/C28H42ClN3O2S.C12H12ClN3O/c1-5-7-9-11-12-13-15-25(35-16-14-10-8-6-2)28(34)32-26-22-17-20(3)19-30-27(22)24(18-23(26)29)31-21(4)33;1-6-3-8-11(14)9(13)4-10(16-7(2)17)12(8)15-5-6/h17-19,25H,5-16H2,1-4H3,(H,31,33)(H,32,34);3-5H,14H2,1-2H3,(H,16,17). The number of pyridine rings is 2. The van der Waals surface area contributed by atoms with Gasteiger partial charge in [-0.15, -0.1) is 11.8 Å². The lowest BCUT2D eigenvalue weighted by atomic mass is 10.1. The van der Waals surface area contributed by atoms with Gasteiger partial charge in [0.1, 0.15) is 0 Å². The number of nitrogens with zero attached hydrogens (tertiary/aromatic N) is 2. The van der Waals surface area contributed by atoms with Crippen LogP contribution >= 0.6 is 35.0 Å². The van der Waals surface area contributed by atoms with Crippen LogP contribution in [0, 0.1) is 13.8 Å². The van der Waals surface area contributed by atoms with Gasteiger partial charge in [-0.3, -0.25) is 24.4 Å². The number of hydrogen-bond acceptors (Lipinski definition) is 7. The summed E-state index contributed by atoms with van der Waals surface area (Å²) in [4.78, 5) is 45.1. The highest BCUT2D eigenvalue weighted by atomic mass is 35.5. The first-order valence-electron chi connectivity index (χ1n) is 18.3. The van der Waals surface area contributed by atoms with Gasteiger partial charge in [0.2, 0.25) is 17.7 Å². The molecule has 3 amide bonds. The summed E-state index contributed by atoms with van der Waals surface area (Å²) in [6, 6.07) is 7.14. The summed E-state index contributed by atoms with van der Waals surface area (Å²) in [5, 5.41) is 10.8. The van der Waals surface area contributed by atoms with Crippen molar-refractivity contribution in [1.29, 1.82) is 0 Å². The maximum atomic E-state index is 13.5. The van der Waals surface area contributed by atoms with Crippen LogP contribution in [-0.2, 0) is 14.4 Å². The SMILES string of the molecule is CC(=O)Nc1cc(Cl)c(N)c2cc(C)cnc12.CCCCCCCCC(SCCCCCC)C(=O)Nc1c(Cl)cc(NC(C)=O)c2ncc(C)cc12. The summed E-state index contributed by atoms with van der Waals surface area (Å²) < 4.78 is 0. The van der Waals surface area contributed by atoms with Gasteiger partial charge in [-0.1, -0.05) is 94.8 Å². The van der Waals surface area contributed by atoms with Crippen LogP contribution in [0.15, 0.2) is 36.7 Å². The molecule has 2 aromatic heterocycles. The van der Waals surface area contributed by atoms with Crippen molar-refractivity contribution in [3.05, 3.63) is 57.8 Å². The average Bonchev–Trinajstić information content (AvgIpc) is 3.08. The van der Waals surface area contributed by atoms with E-state index in [4.69, 9.17) is 28.9 Å². The first-order valence-corrected chi connectivity index (χ1v) is 20.1. The van der Waals surface area contributed by atoms with E-state index in [0.29, 0.717) is 43.8 Å². The fraction of sp³-hybridized carbons (Fsp3) is 0.475. The molecule has 0 spiro atoms. The maximum absolute atomic E-state index is 13.5. The van der Waals surface area contributed by atoms with Gasteiger partial charge in [-0.2, -0.15) is 0 Å². The van der Waals surface area contributed by atoms with E-state index in [9.17, 15) is 14.4 Å². The number of carbonyl (C=O) groups excluding carboxylic acids is 3. The first-order chi connectivity index (χ1) is 24.9. The second-order valence-corrected chi connectivity index (χ2v) is 15.4. The van der Waals surface area contributed by atoms with Crippen molar-refractivity contribution >= 4 is 97.2 Å². The molecule has 0 radical (unpaired) electrons. The fourth-order valence-corrected chi connectivity index (χ4v) is 7.48. The number of nitrogens with two attached hydrogens (primary N) is 1. The molecule has 0 fully saturated rings. The van der Waals surface area contributed by atoms with Gasteiger partial charge in [0.05, 0.1) is 49.1 Å². The number of hydrogen-bond donors (Lipinski definition) is 4. The summed E-state index contributed by atoms with van der Waals surface area (Å²) in [5.41, 5.74) is 11.3. The van der Waals surface area contributed by atoms with Crippen molar-refractivity contribution in [2.75, 3.05) is 27.4 Å². The molecule has 5 N–H and O–H groups in total. The van der Waals surface area contributed by atoms with Crippen molar-refractivity contribution in [3.8, 4) is 0 Å². The van der Waals surface area contributed by atoms with E-state index in [1.54, 1.807) is 36.3 Å². The van der Waals surface area contributed by atoms with E-state index in [-0.39, 0.29) is 23.0 Å². The molecule has 9 nitrogen and oxygen atoms in total. The number of thioether (sulfide) groups is 1. The van der Waals surface area contributed by atoms with Gasteiger partial charge >= 0.3 is 0 Å². The third kappa shape index (κ3) is 13.1. The number of aromatic nitrogens is 2. The van der Waals surface area contributed by atoms with Crippen molar-refractivity contribution in [2.24, 2.45) is 0 Å². The number of unbranched alkanes of at least 4 members (excludes halogenated alkanes) is 8. The van der Waals surface area contributed by atoms with Gasteiger partial charge in [-0.05, 0) is 67.8 Å². The number of anilines is 4. The normalized spacial score (nSPS) is 11.5. The largest absolute Gasteiger partial charge is 0.397 e. The second-order valence-electron chi connectivity index (χ2n) is 13.2. The minimum Gasteiger partial charge on any atom is -0.397 e. The molecule has 4 rings (SSSR count). The Morgan fingerprint density at radius 1 is 0.712 bits per heavy atom. The minimum absolute atomic E-state index is 0.00367. The highest BCUT2D eigenvalue weighted by molar-refractivity contribution is 8.00. The van der Waals surface area contributed by atoms with Gasteiger partial charge in [0, 0.05) is 37.0 Å². The van der Waals surface area contributed by atoms with Crippen LogP contribution in [-0.4, -0.2) is 38.7 Å². The first kappa shape index (κ1) is 42.8. The second kappa shape index (κ2) is 21.8. The van der Waals surface area contributed by atoms with E-state index < -0.39 is 0 Å². The zero-order valence-electron chi connectivity index (χ0n) is 31.4. The summed E-state index contributed by atoms with van der Waals surface area (Å²) in [5.74, 6) is 0.621. The van der Waals surface area contributed by atoms with Gasteiger partial charge < -0.3 is 21.7 Å². The molecule has 2 heterocycles. The Hall–Kier alpha value is -3.60. The number of aryl methyl sites for hydroxylation is 2. The molecule has 2 aromatic carbocycles. The van der Waals surface area contributed by atoms with E-state index in [2.05, 4.69) is 39.8 Å². The smallest absolute Gasteiger partial charge is 0.237 e. The number of carbonyl (C=O) groups is 3. The maximum Gasteiger partial charge on any atom is 0.237 e. The molecule has 0 bridgehead atoms. The molecule has 0 saturated carbocycles. The van der Waals surface area contributed by atoms with Crippen LogP contribution in [0.25, 0.3) is 21.8 Å². The van der Waals surface area contributed by atoms with E-state index >= 15 is 0 Å². The summed E-state index contributed by atoms with van der Waals surface area (Å²) >= 11 is 14.4. The van der Waals surface area contributed by atoms with Crippen LogP contribution in [0.5, 0.6) is 0 Å². The molecule has 52 heavy (non-hydrogen) atoms. The molecular formula is C40H54Cl2N6O3S. The molecule has 282 valence electrons. The zero-order valence-corrected chi connectivity index (χ0v) is 33.7. The Morgan fingerprint density at radius 2 is 1.21 bits per heavy atom. The summed E-state index contributed by atoms with van der Waals surface area (Å²) in [7, 11) is 0. The third-order valence-electron chi connectivity index (χ3n) is 8.46. The van der Waals surface area contributed by atoms with Gasteiger partial charge in [-0.25, -0.2) is 0 Å². The highest BCUT2D eigenvalue weighted by Crippen LogP contribution is 2.37. The number of nitrogen functional groups attached to an aromatic ring is 1. The number of nitrogens with one attached hydrogen (secondary N) is 3. The minimum atomic E-state index is -0.194. The van der Waals surface area contributed by atoms with Gasteiger partial charge in [0.15, 0.2) is 0 Å². The van der Waals surface area contributed by atoms with E-state index in [1.807, 2.05) is 26.0 Å². The predicted octanol–water partition coefficient (Wildman–Crippen LogP) is 11.3. The van der Waals surface area contributed by atoms with Crippen molar-refractivity contribution < 1.29 is 14.4 Å². The van der Waals surface area contributed by atoms with Crippen LogP contribution in [0.1, 0.15) is 109 Å². The lowest BCUT2D eigenvalue weighted by molar-refractivity contribution is -0.116. The topological polar surface area (TPSA) is 139 Å². The number of amides is 3. The Kier molecular flexibility index (Phi) is 18.0. The summed E-state index contributed by atoms with van der Waals surface area (Å²) in [6.07, 6.45) is 16.4. The Balaban J connectivity index is 0.000000355. The summed E-state index contributed by atoms with van der Waals surface area (Å²) in [6.45, 7) is 11.2. The third-order valence-corrected chi connectivity index (χ3v) is 10.4. The molecule has 1 atom stereocenters. The van der Waals surface area contributed by atoms with Crippen LogP contribution in [0.2, 0.25) is 10.0 Å². The van der Waals surface area contributed by atoms with Gasteiger partial charge in [0.25, 0.3) is 0 Å². The van der Waals surface area contributed by atoms with Crippen LogP contribution in [0.3, 0.4) is 0 Å². The quantitative estimate of drug-likeness (QED) is 0.0619. The van der Waals surface area contributed by atoms with E-state index in [1.165, 1.54) is 65.2 Å². The molecule has 4 aromatic rings. The van der Waals surface area contributed by atoms with Crippen LogP contribution < -0.4 is 21.7 Å². The number of rotatable bonds is 17. The molecule has 0 saturated heterocycles. The van der Waals surface area contributed by atoms with E-state index in [0.717, 1.165) is 46.9 Å². The number of benzene rings is 2. The molecule has 1 unspecified atom stereocenters. The molecular weight excluding hydrogens is 715 g/mol. The lowest BCUT2D eigenvalue weighted by Gasteiger charge is -2.19. The number of halogens is 2. The Morgan fingerprint density at radius 3 is 1.79 bits per heavy atom. The predicted molar refractivity (Wildman–Crippen MR) is 223 cm³/mol. The van der Waals surface area contributed by atoms with Crippen molar-refractivity contribution in [2.45, 2.75) is 117 Å². The highest BCUT2D eigenvalue weighted by Gasteiger charge is 2.22. The number of fused-ring (bicyclic) bond motifs is 2. The van der Waals surface area contributed by atoms with Crippen molar-refractivity contribution in [1.82, 2.24) is 9.97 Å². The lowest BCUT2D eigenvalue weighted by Crippen LogP contribution is -2.26. The monoisotopic (exact) mass is 768 g/mol. The molecule has 0 aliphatic rings. The Labute approximate surface area is 323 Å². The fourth-order valence-electron chi connectivity index (χ4n) is 5.82. The average molecular weight is 770 g/mol. The van der Waals surface area contributed by atoms with Crippen LogP contribution in [0.4, 0.5) is 22.7 Å². The molecule has 0 aliphatic heterocycles. The van der Waals surface area contributed by atoms with Crippen molar-refractivity contribution in [3.63, 3.8) is 0 Å². The molecule has 12 heteroatoms. The molecule has 0 aliphatic carbocycles. The Bertz CT molecular complexity index is 1840. The zero-order chi connectivity index (χ0) is 38.2.